The molecule has 3 heteroatoms. The Balaban J connectivity index is 2.11. The van der Waals surface area contributed by atoms with E-state index in [1.165, 1.54) is 4.88 Å². The number of thiophene rings is 1. The van der Waals surface area contributed by atoms with Crippen LogP contribution in [0.2, 0.25) is 0 Å². The van der Waals surface area contributed by atoms with Crippen molar-refractivity contribution in [3.8, 4) is 0 Å². The normalized spacial score (nSPS) is 13.1. The van der Waals surface area contributed by atoms with E-state index in [0.29, 0.717) is 6.54 Å². The summed E-state index contributed by atoms with van der Waals surface area (Å²) in [5, 5.41) is 14.7. The molecule has 0 saturated carbocycles. The Hall–Kier alpha value is -0.380. The van der Waals surface area contributed by atoms with Crippen LogP contribution in [-0.4, -0.2) is 24.3 Å². The summed E-state index contributed by atoms with van der Waals surface area (Å²) >= 11 is 1.76. The van der Waals surface area contributed by atoms with Crippen LogP contribution in [0.25, 0.3) is 0 Å². The average Bonchev–Trinajstić information content (AvgIpc) is 2.64. The standard InChI is InChI=1S/C10H17NOS/c1-2-11-8-9(12)5-6-10-4-3-7-13-10/h3-4,7,9,11-12H,2,5-6,8H2,1H3. The molecule has 74 valence electrons. The SMILES string of the molecule is CCNCC(O)CCc1cccs1. The number of hydrogen-bond acceptors (Lipinski definition) is 3. The van der Waals surface area contributed by atoms with Crippen LogP contribution in [-0.2, 0) is 6.42 Å². The van der Waals surface area contributed by atoms with Crippen molar-refractivity contribution in [2.24, 2.45) is 0 Å². The molecular formula is C10H17NOS. The summed E-state index contributed by atoms with van der Waals surface area (Å²) < 4.78 is 0. The first-order chi connectivity index (χ1) is 6.33. The minimum atomic E-state index is -0.206. The number of rotatable bonds is 6. The van der Waals surface area contributed by atoms with Crippen molar-refractivity contribution in [1.29, 1.82) is 0 Å². The van der Waals surface area contributed by atoms with Crippen molar-refractivity contribution < 1.29 is 5.11 Å². The predicted molar refractivity (Wildman–Crippen MR) is 57.2 cm³/mol. The number of nitrogens with one attached hydrogen (secondary N) is 1. The maximum Gasteiger partial charge on any atom is 0.0668 e. The molecule has 13 heavy (non-hydrogen) atoms. The van der Waals surface area contributed by atoms with Gasteiger partial charge >= 0.3 is 0 Å². The summed E-state index contributed by atoms with van der Waals surface area (Å²) in [5.41, 5.74) is 0. The minimum absolute atomic E-state index is 0.206. The van der Waals surface area contributed by atoms with Crippen LogP contribution in [0.15, 0.2) is 17.5 Å². The Labute approximate surface area is 83.6 Å². The van der Waals surface area contributed by atoms with Crippen molar-refractivity contribution in [2.45, 2.75) is 25.9 Å². The molecule has 2 N–H and O–H groups in total. The van der Waals surface area contributed by atoms with Gasteiger partial charge in [0.25, 0.3) is 0 Å². The number of hydrogen-bond donors (Lipinski definition) is 2. The Morgan fingerprint density at radius 1 is 1.62 bits per heavy atom. The van der Waals surface area contributed by atoms with E-state index in [1.807, 2.05) is 6.92 Å². The van der Waals surface area contributed by atoms with Gasteiger partial charge in [-0.1, -0.05) is 13.0 Å². The molecule has 1 unspecified atom stereocenters. The summed E-state index contributed by atoms with van der Waals surface area (Å²) in [4.78, 5) is 1.36. The summed E-state index contributed by atoms with van der Waals surface area (Å²) in [6.07, 6.45) is 1.64. The Bertz CT molecular complexity index is 211. The van der Waals surface area contributed by atoms with E-state index in [1.54, 1.807) is 11.3 Å². The van der Waals surface area contributed by atoms with Gasteiger partial charge in [0.05, 0.1) is 6.10 Å². The van der Waals surface area contributed by atoms with Gasteiger partial charge in [-0.25, -0.2) is 0 Å². The topological polar surface area (TPSA) is 32.3 Å². The van der Waals surface area contributed by atoms with Crippen LogP contribution in [0.4, 0.5) is 0 Å². The molecule has 1 rings (SSSR count). The zero-order valence-electron chi connectivity index (χ0n) is 7.99. The second-order valence-corrected chi connectivity index (χ2v) is 4.11. The number of aryl methyl sites for hydroxylation is 1. The van der Waals surface area contributed by atoms with E-state index >= 15 is 0 Å². The molecule has 0 aromatic carbocycles. The first kappa shape index (κ1) is 10.7. The maximum atomic E-state index is 9.52. The molecule has 0 fully saturated rings. The molecule has 0 aliphatic heterocycles. The number of likely N-dealkylation sites (N-methyl/N-ethyl adjacent to an activating group) is 1. The van der Waals surface area contributed by atoms with Gasteiger partial charge in [-0.15, -0.1) is 11.3 Å². The molecule has 0 aliphatic rings. The van der Waals surface area contributed by atoms with Crippen LogP contribution < -0.4 is 5.32 Å². The zero-order chi connectivity index (χ0) is 9.52. The summed E-state index contributed by atoms with van der Waals surface area (Å²) in [5.74, 6) is 0. The molecule has 1 aromatic heterocycles. The molecule has 0 aliphatic carbocycles. The molecule has 0 amide bonds. The van der Waals surface area contributed by atoms with Crippen LogP contribution in [0, 0.1) is 0 Å². The lowest BCUT2D eigenvalue weighted by molar-refractivity contribution is 0.163. The quantitative estimate of drug-likeness (QED) is 0.730. The van der Waals surface area contributed by atoms with Crippen molar-refractivity contribution in [3.05, 3.63) is 22.4 Å². The second-order valence-electron chi connectivity index (χ2n) is 3.08. The molecule has 2 nitrogen and oxygen atoms in total. The smallest absolute Gasteiger partial charge is 0.0668 e. The highest BCUT2D eigenvalue weighted by atomic mass is 32.1. The van der Waals surface area contributed by atoms with Crippen molar-refractivity contribution in [1.82, 2.24) is 5.32 Å². The van der Waals surface area contributed by atoms with Gasteiger partial charge in [0.15, 0.2) is 0 Å². The van der Waals surface area contributed by atoms with E-state index in [4.69, 9.17) is 0 Å². The van der Waals surface area contributed by atoms with E-state index in [-0.39, 0.29) is 6.10 Å². The van der Waals surface area contributed by atoms with Gasteiger partial charge in [0.2, 0.25) is 0 Å². The highest BCUT2D eigenvalue weighted by molar-refractivity contribution is 7.09. The van der Waals surface area contributed by atoms with Gasteiger partial charge in [0.1, 0.15) is 0 Å². The molecular weight excluding hydrogens is 182 g/mol. The molecule has 1 atom stereocenters. The van der Waals surface area contributed by atoms with Crippen LogP contribution in [0.1, 0.15) is 18.2 Å². The monoisotopic (exact) mass is 199 g/mol. The lowest BCUT2D eigenvalue weighted by atomic mass is 10.2. The van der Waals surface area contributed by atoms with Crippen LogP contribution >= 0.6 is 11.3 Å². The summed E-state index contributed by atoms with van der Waals surface area (Å²) in [6, 6.07) is 4.17. The first-order valence-electron chi connectivity index (χ1n) is 4.74. The van der Waals surface area contributed by atoms with Crippen LogP contribution in [0.5, 0.6) is 0 Å². The summed E-state index contributed by atoms with van der Waals surface area (Å²) in [7, 11) is 0. The van der Waals surface area contributed by atoms with E-state index in [9.17, 15) is 5.11 Å². The Morgan fingerprint density at radius 3 is 3.08 bits per heavy atom. The minimum Gasteiger partial charge on any atom is -0.392 e. The Kier molecular flexibility index (Phi) is 5.05. The molecule has 0 saturated heterocycles. The van der Waals surface area contributed by atoms with Gasteiger partial charge in [0, 0.05) is 11.4 Å². The van der Waals surface area contributed by atoms with E-state index in [0.717, 1.165) is 19.4 Å². The number of aliphatic hydroxyl groups excluding tert-OH is 1. The highest BCUT2D eigenvalue weighted by Crippen LogP contribution is 2.11. The highest BCUT2D eigenvalue weighted by Gasteiger charge is 2.03. The van der Waals surface area contributed by atoms with Crippen molar-refractivity contribution in [3.63, 3.8) is 0 Å². The van der Waals surface area contributed by atoms with Gasteiger partial charge in [-0.2, -0.15) is 0 Å². The van der Waals surface area contributed by atoms with Gasteiger partial charge in [-0.3, -0.25) is 0 Å². The lowest BCUT2D eigenvalue weighted by Gasteiger charge is -2.09. The van der Waals surface area contributed by atoms with Crippen LogP contribution in [0.3, 0.4) is 0 Å². The summed E-state index contributed by atoms with van der Waals surface area (Å²) in [6.45, 7) is 3.68. The average molecular weight is 199 g/mol. The fourth-order valence-corrected chi connectivity index (χ4v) is 1.90. The van der Waals surface area contributed by atoms with Crippen molar-refractivity contribution >= 4 is 11.3 Å². The second kappa shape index (κ2) is 6.13. The molecule has 0 bridgehead atoms. The molecule has 0 spiro atoms. The first-order valence-corrected chi connectivity index (χ1v) is 5.62. The third-order valence-electron chi connectivity index (χ3n) is 1.93. The largest absolute Gasteiger partial charge is 0.392 e. The van der Waals surface area contributed by atoms with Gasteiger partial charge in [-0.05, 0) is 30.8 Å². The predicted octanol–water partition coefficient (Wildman–Crippen LogP) is 1.65. The third kappa shape index (κ3) is 4.41. The molecule has 1 aromatic rings. The molecule has 1 heterocycles. The Morgan fingerprint density at radius 2 is 2.46 bits per heavy atom. The third-order valence-corrected chi connectivity index (χ3v) is 2.87. The fraction of sp³-hybridized carbons (Fsp3) is 0.600. The van der Waals surface area contributed by atoms with Gasteiger partial charge < -0.3 is 10.4 Å². The number of aliphatic hydroxyl groups is 1. The maximum absolute atomic E-state index is 9.52. The van der Waals surface area contributed by atoms with Crippen molar-refractivity contribution in [2.75, 3.05) is 13.1 Å². The fourth-order valence-electron chi connectivity index (χ4n) is 1.18. The zero-order valence-corrected chi connectivity index (χ0v) is 8.81. The van der Waals surface area contributed by atoms with E-state index < -0.39 is 0 Å². The van der Waals surface area contributed by atoms with E-state index in [2.05, 4.69) is 22.8 Å². The lowest BCUT2D eigenvalue weighted by Crippen LogP contribution is -2.26. The molecule has 0 radical (unpaired) electrons.